The minimum Gasteiger partial charge on any atom is -0.350 e. The van der Waals surface area contributed by atoms with Gasteiger partial charge in [0, 0.05) is 30.1 Å². The molecule has 1 saturated heterocycles. The number of amides is 1. The summed E-state index contributed by atoms with van der Waals surface area (Å²) in [6, 6.07) is 6.52. The molecule has 0 bridgehead atoms. The van der Waals surface area contributed by atoms with Crippen LogP contribution in [0.3, 0.4) is 0 Å². The monoisotopic (exact) mass is 409 g/mol. The summed E-state index contributed by atoms with van der Waals surface area (Å²) in [5.74, 6) is 0.473. The van der Waals surface area contributed by atoms with Gasteiger partial charge in [0.05, 0.1) is 22.7 Å². The van der Waals surface area contributed by atoms with Crippen molar-refractivity contribution in [3.8, 4) is 0 Å². The summed E-state index contributed by atoms with van der Waals surface area (Å²) in [5, 5.41) is 10.8. The first kappa shape index (κ1) is 18.8. The molecule has 5 rings (SSSR count). The third kappa shape index (κ3) is 3.57. The van der Waals surface area contributed by atoms with Crippen molar-refractivity contribution in [2.75, 3.05) is 19.6 Å². The van der Waals surface area contributed by atoms with Gasteiger partial charge in [0.1, 0.15) is 0 Å². The zero-order valence-electron chi connectivity index (χ0n) is 17.0. The van der Waals surface area contributed by atoms with Gasteiger partial charge in [-0.25, -0.2) is 4.98 Å². The number of aryl methyl sites for hydroxylation is 2. The number of thiophene rings is 1. The van der Waals surface area contributed by atoms with E-state index < -0.39 is 0 Å². The second kappa shape index (κ2) is 7.54. The summed E-state index contributed by atoms with van der Waals surface area (Å²) in [4.78, 5) is 21.9. The molecular formula is C22H27N5OS. The summed E-state index contributed by atoms with van der Waals surface area (Å²) in [6.45, 7) is 4.79. The fraction of sp³-hybridized carbons (Fsp3) is 0.500. The first-order valence-electron chi connectivity index (χ1n) is 10.5. The van der Waals surface area contributed by atoms with Crippen molar-refractivity contribution in [3.05, 3.63) is 45.4 Å². The maximum Gasteiger partial charge on any atom is 0.252 e. The number of aromatic nitrogens is 3. The van der Waals surface area contributed by atoms with Crippen LogP contribution in [0.5, 0.6) is 0 Å². The Hall–Kier alpha value is -2.25. The van der Waals surface area contributed by atoms with Crippen LogP contribution in [-0.4, -0.2) is 45.2 Å². The van der Waals surface area contributed by atoms with Gasteiger partial charge in [-0.1, -0.05) is 6.07 Å². The van der Waals surface area contributed by atoms with Crippen LogP contribution in [0.25, 0.3) is 11.0 Å². The van der Waals surface area contributed by atoms with Crippen molar-refractivity contribution in [2.45, 2.75) is 44.6 Å². The van der Waals surface area contributed by atoms with E-state index in [1.807, 2.05) is 20.0 Å². The Morgan fingerprint density at radius 1 is 1.34 bits per heavy atom. The summed E-state index contributed by atoms with van der Waals surface area (Å²) in [5.41, 5.74) is 3.41. The van der Waals surface area contributed by atoms with Gasteiger partial charge in [0.25, 0.3) is 5.91 Å². The molecule has 1 saturated carbocycles. The number of hydrogen-bond donors (Lipinski definition) is 1. The molecule has 0 unspecified atom stereocenters. The number of hydrogen-bond acceptors (Lipinski definition) is 5. The van der Waals surface area contributed by atoms with Crippen LogP contribution in [-0.2, 0) is 7.05 Å². The average Bonchev–Trinajstić information content (AvgIpc) is 3.08. The van der Waals surface area contributed by atoms with E-state index in [1.54, 1.807) is 16.0 Å². The summed E-state index contributed by atoms with van der Waals surface area (Å²) in [7, 11) is 1.90. The Labute approximate surface area is 174 Å². The van der Waals surface area contributed by atoms with Crippen LogP contribution in [0.1, 0.15) is 64.3 Å². The fourth-order valence-electron chi connectivity index (χ4n) is 4.46. The molecule has 0 spiro atoms. The lowest BCUT2D eigenvalue weighted by Gasteiger charge is -2.27. The first-order valence-corrected chi connectivity index (χ1v) is 11.4. The molecule has 4 heterocycles. The molecular weight excluding hydrogens is 382 g/mol. The van der Waals surface area contributed by atoms with E-state index >= 15 is 0 Å². The Morgan fingerprint density at radius 2 is 2.14 bits per heavy atom. The van der Waals surface area contributed by atoms with Crippen LogP contribution < -0.4 is 5.32 Å². The van der Waals surface area contributed by atoms with E-state index in [-0.39, 0.29) is 11.9 Å². The minimum absolute atomic E-state index is 0.0175. The van der Waals surface area contributed by atoms with Crippen LogP contribution in [0, 0.1) is 6.92 Å². The van der Waals surface area contributed by atoms with E-state index in [9.17, 15) is 4.79 Å². The van der Waals surface area contributed by atoms with E-state index in [0.717, 1.165) is 48.4 Å². The fourth-order valence-corrected chi connectivity index (χ4v) is 5.32. The molecule has 3 aromatic heterocycles. The van der Waals surface area contributed by atoms with E-state index in [2.05, 4.69) is 32.8 Å². The lowest BCUT2D eigenvalue weighted by molar-refractivity contribution is 0.0940. The number of fused-ring (bicyclic) bond motifs is 1. The van der Waals surface area contributed by atoms with Gasteiger partial charge in [0.2, 0.25) is 0 Å². The Bertz CT molecular complexity index is 1030. The molecule has 2 aliphatic rings. The van der Waals surface area contributed by atoms with Gasteiger partial charge in [-0.05, 0) is 63.2 Å². The minimum atomic E-state index is -0.0175. The number of pyridine rings is 1. The third-order valence-corrected chi connectivity index (χ3v) is 7.11. The first-order chi connectivity index (χ1) is 14.1. The molecule has 0 aromatic carbocycles. The second-order valence-electron chi connectivity index (χ2n) is 8.26. The van der Waals surface area contributed by atoms with Crippen molar-refractivity contribution >= 4 is 28.3 Å². The highest BCUT2D eigenvalue weighted by molar-refractivity contribution is 7.10. The molecule has 1 N–H and O–H groups in total. The topological polar surface area (TPSA) is 63.1 Å². The lowest BCUT2D eigenvalue weighted by atomic mass is 10.1. The summed E-state index contributed by atoms with van der Waals surface area (Å²) < 4.78 is 1.80. The second-order valence-corrected chi connectivity index (χ2v) is 9.24. The number of carbonyl (C=O) groups excluding carboxylic acids is 1. The normalized spacial score (nSPS) is 18.4. The molecule has 152 valence electrons. The van der Waals surface area contributed by atoms with Crippen molar-refractivity contribution in [1.29, 1.82) is 0 Å². The highest BCUT2D eigenvalue weighted by Crippen LogP contribution is 2.40. The van der Waals surface area contributed by atoms with Crippen molar-refractivity contribution in [2.24, 2.45) is 7.05 Å². The number of nitrogens with one attached hydrogen (secondary N) is 1. The van der Waals surface area contributed by atoms with Crippen LogP contribution in [0.15, 0.2) is 23.6 Å². The van der Waals surface area contributed by atoms with E-state index in [0.29, 0.717) is 18.0 Å². The van der Waals surface area contributed by atoms with Crippen molar-refractivity contribution in [3.63, 3.8) is 0 Å². The maximum atomic E-state index is 13.3. The SMILES string of the molecule is Cc1nn(C)c2nc(C3CC3)cc(C(=O)NC[C@@H](c3cccs3)N3CCCC3)c12. The molecule has 3 aromatic rings. The molecule has 7 heteroatoms. The number of carbonyl (C=O) groups is 1. The third-order valence-electron chi connectivity index (χ3n) is 6.14. The van der Waals surface area contributed by atoms with Gasteiger partial charge < -0.3 is 5.32 Å². The average molecular weight is 410 g/mol. The van der Waals surface area contributed by atoms with Gasteiger partial charge in [-0.3, -0.25) is 14.4 Å². The smallest absolute Gasteiger partial charge is 0.252 e. The van der Waals surface area contributed by atoms with Crippen LogP contribution in [0.4, 0.5) is 0 Å². The quantitative estimate of drug-likeness (QED) is 0.673. The molecule has 0 radical (unpaired) electrons. The molecule has 1 amide bonds. The zero-order chi connectivity index (χ0) is 20.0. The zero-order valence-corrected chi connectivity index (χ0v) is 17.8. The molecule has 1 atom stereocenters. The molecule has 1 aliphatic carbocycles. The van der Waals surface area contributed by atoms with Crippen molar-refractivity contribution < 1.29 is 4.79 Å². The predicted octanol–water partition coefficient (Wildman–Crippen LogP) is 3.78. The molecule has 2 fully saturated rings. The van der Waals surface area contributed by atoms with Crippen LogP contribution in [0.2, 0.25) is 0 Å². The highest BCUT2D eigenvalue weighted by Gasteiger charge is 2.29. The van der Waals surface area contributed by atoms with Crippen molar-refractivity contribution in [1.82, 2.24) is 25.0 Å². The molecule has 6 nitrogen and oxygen atoms in total. The van der Waals surface area contributed by atoms with Crippen LogP contribution >= 0.6 is 11.3 Å². The number of rotatable bonds is 6. The van der Waals surface area contributed by atoms with Gasteiger partial charge >= 0.3 is 0 Å². The number of likely N-dealkylation sites (tertiary alicyclic amines) is 1. The van der Waals surface area contributed by atoms with Gasteiger partial charge in [-0.15, -0.1) is 11.3 Å². The Morgan fingerprint density at radius 3 is 2.83 bits per heavy atom. The lowest BCUT2D eigenvalue weighted by Crippen LogP contribution is -2.36. The molecule has 1 aliphatic heterocycles. The summed E-state index contributed by atoms with van der Waals surface area (Å²) in [6.07, 6.45) is 4.79. The van der Waals surface area contributed by atoms with Gasteiger partial charge in [0.15, 0.2) is 5.65 Å². The maximum absolute atomic E-state index is 13.3. The number of nitrogens with zero attached hydrogens (tertiary/aromatic N) is 4. The Balaban J connectivity index is 1.43. The molecule has 29 heavy (non-hydrogen) atoms. The van der Waals surface area contributed by atoms with E-state index in [4.69, 9.17) is 4.98 Å². The Kier molecular flexibility index (Phi) is 4.87. The van der Waals surface area contributed by atoms with E-state index in [1.165, 1.54) is 17.7 Å². The predicted molar refractivity (Wildman–Crippen MR) is 115 cm³/mol. The standard InChI is InChI=1S/C22H27N5OS/c1-14-20-16(12-17(15-7-8-15)24-21(20)26(2)25-14)22(28)23-13-18(19-6-5-11-29-19)27-9-3-4-10-27/h5-6,11-12,15,18H,3-4,7-10,13H2,1-2H3,(H,23,28)/t18-/m0/s1. The summed E-state index contributed by atoms with van der Waals surface area (Å²) >= 11 is 1.77. The highest BCUT2D eigenvalue weighted by atomic mass is 32.1. The largest absolute Gasteiger partial charge is 0.350 e. The van der Waals surface area contributed by atoms with Gasteiger partial charge in [-0.2, -0.15) is 5.10 Å².